The highest BCUT2D eigenvalue weighted by Gasteiger charge is 2.08. The van der Waals surface area contributed by atoms with Crippen molar-refractivity contribution in [3.63, 3.8) is 0 Å². The van der Waals surface area contributed by atoms with E-state index in [1.54, 1.807) is 11.3 Å². The molecule has 96 valence electrons. The van der Waals surface area contributed by atoms with Crippen LogP contribution in [0.3, 0.4) is 0 Å². The molecule has 0 spiro atoms. The standard InChI is InChI=1S/C14H12BrN3S/c15-11-5-3-10(4-6-11)9-18-14(16)8-12(17-18)13-2-1-7-19-13/h1-8H,9,16H2. The third-order valence-corrected chi connectivity index (χ3v) is 4.25. The third-order valence-electron chi connectivity index (χ3n) is 2.83. The molecule has 19 heavy (non-hydrogen) atoms. The molecule has 0 aliphatic rings. The van der Waals surface area contributed by atoms with Crippen LogP contribution in [-0.2, 0) is 6.54 Å². The molecule has 0 atom stereocenters. The van der Waals surface area contributed by atoms with Crippen LogP contribution in [0.2, 0.25) is 0 Å². The zero-order valence-electron chi connectivity index (χ0n) is 10.1. The van der Waals surface area contributed by atoms with E-state index in [4.69, 9.17) is 5.73 Å². The lowest BCUT2D eigenvalue weighted by molar-refractivity contribution is 0.700. The van der Waals surface area contributed by atoms with Gasteiger partial charge >= 0.3 is 0 Å². The van der Waals surface area contributed by atoms with Crippen LogP contribution in [0.4, 0.5) is 5.82 Å². The fraction of sp³-hybridized carbons (Fsp3) is 0.0714. The summed E-state index contributed by atoms with van der Waals surface area (Å²) in [6, 6.07) is 14.2. The van der Waals surface area contributed by atoms with Crippen molar-refractivity contribution in [2.75, 3.05) is 5.73 Å². The van der Waals surface area contributed by atoms with E-state index in [0.717, 1.165) is 15.0 Å². The minimum atomic E-state index is 0.685. The molecule has 0 unspecified atom stereocenters. The minimum Gasteiger partial charge on any atom is -0.384 e. The molecule has 5 heteroatoms. The Balaban J connectivity index is 1.87. The molecule has 3 nitrogen and oxygen atoms in total. The molecule has 0 saturated carbocycles. The van der Waals surface area contributed by atoms with Crippen molar-refractivity contribution in [1.29, 1.82) is 0 Å². The molecule has 3 rings (SSSR count). The lowest BCUT2D eigenvalue weighted by atomic mass is 10.2. The summed E-state index contributed by atoms with van der Waals surface area (Å²) in [5.41, 5.74) is 8.13. The van der Waals surface area contributed by atoms with E-state index < -0.39 is 0 Å². The van der Waals surface area contributed by atoms with Gasteiger partial charge in [-0.3, -0.25) is 0 Å². The first-order valence-electron chi connectivity index (χ1n) is 5.84. The van der Waals surface area contributed by atoms with E-state index in [1.807, 2.05) is 34.3 Å². The average molecular weight is 334 g/mol. The van der Waals surface area contributed by atoms with E-state index in [2.05, 4.69) is 39.2 Å². The number of benzene rings is 1. The van der Waals surface area contributed by atoms with Gasteiger partial charge in [0.15, 0.2) is 0 Å². The number of aromatic nitrogens is 2. The summed E-state index contributed by atoms with van der Waals surface area (Å²) < 4.78 is 2.90. The van der Waals surface area contributed by atoms with E-state index in [9.17, 15) is 0 Å². The highest BCUT2D eigenvalue weighted by molar-refractivity contribution is 9.10. The van der Waals surface area contributed by atoms with Crippen LogP contribution in [0, 0.1) is 0 Å². The number of nitrogens with zero attached hydrogens (tertiary/aromatic N) is 2. The second-order valence-electron chi connectivity index (χ2n) is 4.22. The Morgan fingerprint density at radius 3 is 2.68 bits per heavy atom. The molecular formula is C14H12BrN3S. The third kappa shape index (κ3) is 2.72. The van der Waals surface area contributed by atoms with Gasteiger partial charge < -0.3 is 5.73 Å². The first kappa shape index (κ1) is 12.4. The summed E-state index contributed by atoms with van der Waals surface area (Å²) in [5.74, 6) is 0.686. The lowest BCUT2D eigenvalue weighted by Crippen LogP contribution is -2.05. The van der Waals surface area contributed by atoms with Gasteiger partial charge in [0.1, 0.15) is 11.5 Å². The maximum Gasteiger partial charge on any atom is 0.122 e. The van der Waals surface area contributed by atoms with Crippen molar-refractivity contribution in [2.24, 2.45) is 0 Å². The van der Waals surface area contributed by atoms with Gasteiger partial charge in [0, 0.05) is 10.5 Å². The van der Waals surface area contributed by atoms with Gasteiger partial charge in [0.05, 0.1) is 11.4 Å². The van der Waals surface area contributed by atoms with E-state index in [-0.39, 0.29) is 0 Å². The number of nitrogens with two attached hydrogens (primary N) is 1. The summed E-state index contributed by atoms with van der Waals surface area (Å²) in [6.45, 7) is 0.685. The molecule has 0 amide bonds. The molecule has 0 aliphatic carbocycles. The van der Waals surface area contributed by atoms with Crippen molar-refractivity contribution in [2.45, 2.75) is 6.54 Å². The van der Waals surface area contributed by atoms with Crippen molar-refractivity contribution in [1.82, 2.24) is 9.78 Å². The molecule has 0 aliphatic heterocycles. The van der Waals surface area contributed by atoms with Gasteiger partial charge in [0.25, 0.3) is 0 Å². The summed E-state index contributed by atoms with van der Waals surface area (Å²) in [7, 11) is 0. The van der Waals surface area contributed by atoms with Gasteiger partial charge in [-0.05, 0) is 29.1 Å². The summed E-state index contributed by atoms with van der Waals surface area (Å²) >= 11 is 5.10. The molecule has 2 N–H and O–H groups in total. The molecule has 0 saturated heterocycles. The summed E-state index contributed by atoms with van der Waals surface area (Å²) in [5, 5.41) is 6.60. The Morgan fingerprint density at radius 2 is 2.00 bits per heavy atom. The van der Waals surface area contributed by atoms with Crippen LogP contribution in [-0.4, -0.2) is 9.78 Å². The van der Waals surface area contributed by atoms with Gasteiger partial charge in [-0.25, -0.2) is 4.68 Å². The Hall–Kier alpha value is -1.59. The summed E-state index contributed by atoms with van der Waals surface area (Å²) in [6.07, 6.45) is 0. The normalized spacial score (nSPS) is 10.8. The fourth-order valence-electron chi connectivity index (χ4n) is 1.87. The van der Waals surface area contributed by atoms with Crippen LogP contribution >= 0.6 is 27.3 Å². The zero-order chi connectivity index (χ0) is 13.2. The minimum absolute atomic E-state index is 0.685. The number of hydrogen-bond acceptors (Lipinski definition) is 3. The Kier molecular flexibility index (Phi) is 3.40. The quantitative estimate of drug-likeness (QED) is 0.787. The molecule has 0 fully saturated rings. The van der Waals surface area contributed by atoms with Crippen molar-refractivity contribution in [3.8, 4) is 10.6 Å². The fourth-order valence-corrected chi connectivity index (χ4v) is 2.81. The van der Waals surface area contributed by atoms with E-state index in [1.165, 1.54) is 5.56 Å². The monoisotopic (exact) mass is 333 g/mol. The predicted molar refractivity (Wildman–Crippen MR) is 83.2 cm³/mol. The lowest BCUT2D eigenvalue weighted by Gasteiger charge is -2.04. The van der Waals surface area contributed by atoms with Crippen molar-refractivity contribution < 1.29 is 0 Å². The number of thiophene rings is 1. The maximum absolute atomic E-state index is 6.02. The molecule has 2 aromatic heterocycles. The number of hydrogen-bond donors (Lipinski definition) is 1. The zero-order valence-corrected chi connectivity index (χ0v) is 12.5. The highest BCUT2D eigenvalue weighted by atomic mass is 79.9. The van der Waals surface area contributed by atoms with Crippen LogP contribution in [0.15, 0.2) is 52.3 Å². The smallest absolute Gasteiger partial charge is 0.122 e. The Bertz CT molecular complexity index is 671. The van der Waals surface area contributed by atoms with Crippen molar-refractivity contribution >= 4 is 33.1 Å². The van der Waals surface area contributed by atoms with Crippen LogP contribution < -0.4 is 5.73 Å². The Morgan fingerprint density at radius 1 is 1.21 bits per heavy atom. The maximum atomic E-state index is 6.02. The molecule has 0 radical (unpaired) electrons. The molecular weight excluding hydrogens is 322 g/mol. The van der Waals surface area contributed by atoms with Crippen LogP contribution in [0.5, 0.6) is 0 Å². The topological polar surface area (TPSA) is 43.8 Å². The van der Waals surface area contributed by atoms with E-state index in [0.29, 0.717) is 12.4 Å². The first-order chi connectivity index (χ1) is 9.22. The van der Waals surface area contributed by atoms with Crippen LogP contribution in [0.1, 0.15) is 5.56 Å². The molecule has 1 aromatic carbocycles. The molecule has 2 heterocycles. The van der Waals surface area contributed by atoms with Gasteiger partial charge in [-0.1, -0.05) is 34.1 Å². The Labute approximate surface area is 123 Å². The highest BCUT2D eigenvalue weighted by Crippen LogP contribution is 2.25. The SMILES string of the molecule is Nc1cc(-c2cccs2)nn1Cc1ccc(Br)cc1. The first-order valence-corrected chi connectivity index (χ1v) is 7.51. The molecule has 3 aromatic rings. The number of anilines is 1. The van der Waals surface area contributed by atoms with Gasteiger partial charge in [-0.2, -0.15) is 5.10 Å². The van der Waals surface area contributed by atoms with Gasteiger partial charge in [-0.15, -0.1) is 11.3 Å². The predicted octanol–water partition coefficient (Wildman–Crippen LogP) is 4.00. The number of halogens is 1. The van der Waals surface area contributed by atoms with Crippen molar-refractivity contribution in [3.05, 3.63) is 57.9 Å². The molecule has 0 bridgehead atoms. The number of nitrogen functional groups attached to an aromatic ring is 1. The second kappa shape index (κ2) is 5.19. The second-order valence-corrected chi connectivity index (χ2v) is 6.08. The van der Waals surface area contributed by atoms with E-state index >= 15 is 0 Å². The number of rotatable bonds is 3. The van der Waals surface area contributed by atoms with Crippen LogP contribution in [0.25, 0.3) is 10.6 Å². The average Bonchev–Trinajstić information content (AvgIpc) is 3.03. The largest absolute Gasteiger partial charge is 0.384 e. The summed E-state index contributed by atoms with van der Waals surface area (Å²) in [4.78, 5) is 1.14. The van der Waals surface area contributed by atoms with Gasteiger partial charge in [0.2, 0.25) is 0 Å².